The third kappa shape index (κ3) is 3.84. The number of aromatic nitrogens is 5. The Hall–Kier alpha value is -3.62. The van der Waals surface area contributed by atoms with Crippen LogP contribution in [0.1, 0.15) is 30.6 Å². The lowest BCUT2D eigenvalue weighted by molar-refractivity contribution is -0.115. The minimum Gasteiger partial charge on any atom is -0.334 e. The van der Waals surface area contributed by atoms with Crippen molar-refractivity contribution in [3.8, 4) is 11.5 Å². The standard InChI is InChI=1S/C20H19FN6O2/c1-3-5-16-23-20(29-26-16)14-6-4-9-27-17(24-25-19(14)27)11-18(28)22-13-8-7-12(2)15(21)10-13/h4,6-10H,3,5,11H2,1-2H3,(H,22,28). The quantitative estimate of drug-likeness (QED) is 0.538. The molecule has 0 bridgehead atoms. The van der Waals surface area contributed by atoms with Crippen molar-refractivity contribution in [3.63, 3.8) is 0 Å². The molecule has 4 rings (SSSR count). The molecule has 8 nitrogen and oxygen atoms in total. The highest BCUT2D eigenvalue weighted by Gasteiger charge is 2.17. The van der Waals surface area contributed by atoms with Gasteiger partial charge in [-0.05, 0) is 43.2 Å². The van der Waals surface area contributed by atoms with E-state index in [0.29, 0.717) is 40.0 Å². The second-order valence-corrected chi connectivity index (χ2v) is 6.69. The molecule has 0 aliphatic rings. The molecule has 0 aliphatic heterocycles. The molecular formula is C20H19FN6O2. The molecule has 0 saturated heterocycles. The van der Waals surface area contributed by atoms with Gasteiger partial charge in [0, 0.05) is 18.3 Å². The van der Waals surface area contributed by atoms with Crippen molar-refractivity contribution in [1.29, 1.82) is 0 Å². The summed E-state index contributed by atoms with van der Waals surface area (Å²) in [4.78, 5) is 16.8. The average Bonchev–Trinajstić information content (AvgIpc) is 3.32. The minimum absolute atomic E-state index is 0.0228. The molecule has 0 aliphatic carbocycles. The first-order valence-corrected chi connectivity index (χ1v) is 9.26. The fraction of sp³-hybridized carbons (Fsp3) is 0.250. The highest BCUT2D eigenvalue weighted by Crippen LogP contribution is 2.23. The Labute approximate surface area is 165 Å². The van der Waals surface area contributed by atoms with Crippen molar-refractivity contribution in [2.24, 2.45) is 0 Å². The normalized spacial score (nSPS) is 11.1. The van der Waals surface area contributed by atoms with Crippen LogP contribution in [0.3, 0.4) is 0 Å². The molecule has 3 heterocycles. The molecule has 148 valence electrons. The number of nitrogens with zero attached hydrogens (tertiary/aromatic N) is 5. The van der Waals surface area contributed by atoms with Crippen LogP contribution in [0.2, 0.25) is 0 Å². The topological polar surface area (TPSA) is 98.2 Å². The smallest absolute Gasteiger partial charge is 0.261 e. The van der Waals surface area contributed by atoms with E-state index in [1.165, 1.54) is 6.07 Å². The third-order valence-electron chi connectivity index (χ3n) is 4.45. The number of nitrogens with one attached hydrogen (secondary N) is 1. The number of anilines is 1. The summed E-state index contributed by atoms with van der Waals surface area (Å²) in [6, 6.07) is 8.16. The van der Waals surface area contributed by atoms with E-state index in [2.05, 4.69) is 25.7 Å². The first kappa shape index (κ1) is 18.7. The highest BCUT2D eigenvalue weighted by atomic mass is 19.1. The number of benzene rings is 1. The Balaban J connectivity index is 1.57. The van der Waals surface area contributed by atoms with Gasteiger partial charge in [-0.15, -0.1) is 10.2 Å². The number of hydrogen-bond acceptors (Lipinski definition) is 6. The predicted octanol–water partition coefficient (Wildman–Crippen LogP) is 3.36. The maximum Gasteiger partial charge on any atom is 0.261 e. The first-order valence-electron chi connectivity index (χ1n) is 9.26. The Bertz CT molecular complexity index is 1180. The van der Waals surface area contributed by atoms with Crippen LogP contribution in [0.15, 0.2) is 41.1 Å². The number of carbonyl (C=O) groups is 1. The summed E-state index contributed by atoms with van der Waals surface area (Å²) >= 11 is 0. The molecule has 0 radical (unpaired) electrons. The third-order valence-corrected chi connectivity index (χ3v) is 4.45. The SMILES string of the molecule is CCCc1noc(-c2cccn3c(CC(=O)Nc4ccc(C)c(F)c4)nnc23)n1. The largest absolute Gasteiger partial charge is 0.334 e. The number of pyridine rings is 1. The molecule has 9 heteroatoms. The summed E-state index contributed by atoms with van der Waals surface area (Å²) in [6.45, 7) is 3.70. The molecule has 1 amide bonds. The average molecular weight is 394 g/mol. The Morgan fingerprint density at radius 1 is 1.28 bits per heavy atom. The Morgan fingerprint density at radius 2 is 2.14 bits per heavy atom. The van der Waals surface area contributed by atoms with Crippen molar-refractivity contribution < 1.29 is 13.7 Å². The number of hydrogen-bond donors (Lipinski definition) is 1. The van der Waals surface area contributed by atoms with Gasteiger partial charge in [0.2, 0.25) is 5.91 Å². The van der Waals surface area contributed by atoms with Gasteiger partial charge in [-0.1, -0.05) is 18.1 Å². The van der Waals surface area contributed by atoms with Gasteiger partial charge in [0.25, 0.3) is 5.89 Å². The highest BCUT2D eigenvalue weighted by molar-refractivity contribution is 5.92. The van der Waals surface area contributed by atoms with E-state index in [4.69, 9.17) is 4.52 Å². The number of amides is 1. The van der Waals surface area contributed by atoms with Crippen molar-refractivity contribution in [3.05, 3.63) is 59.6 Å². The van der Waals surface area contributed by atoms with Crippen molar-refractivity contribution in [2.75, 3.05) is 5.32 Å². The van der Waals surface area contributed by atoms with Crippen LogP contribution < -0.4 is 5.32 Å². The van der Waals surface area contributed by atoms with Gasteiger partial charge in [-0.2, -0.15) is 4.98 Å². The number of carbonyl (C=O) groups excluding carboxylic acids is 1. The molecule has 3 aromatic heterocycles. The zero-order valence-corrected chi connectivity index (χ0v) is 16.0. The van der Waals surface area contributed by atoms with E-state index in [0.717, 1.165) is 12.8 Å². The van der Waals surface area contributed by atoms with Gasteiger partial charge < -0.3 is 9.84 Å². The molecule has 1 N–H and O–H groups in total. The van der Waals surface area contributed by atoms with E-state index in [1.807, 2.05) is 13.0 Å². The molecule has 0 unspecified atom stereocenters. The lowest BCUT2D eigenvalue weighted by atomic mass is 10.2. The maximum absolute atomic E-state index is 13.7. The van der Waals surface area contributed by atoms with Crippen LogP contribution in [0.5, 0.6) is 0 Å². The first-order chi connectivity index (χ1) is 14.0. The van der Waals surface area contributed by atoms with Gasteiger partial charge in [0.1, 0.15) is 11.6 Å². The van der Waals surface area contributed by atoms with E-state index >= 15 is 0 Å². The zero-order valence-electron chi connectivity index (χ0n) is 16.0. The molecule has 0 saturated carbocycles. The second kappa shape index (κ2) is 7.78. The second-order valence-electron chi connectivity index (χ2n) is 6.69. The fourth-order valence-electron chi connectivity index (χ4n) is 2.96. The van der Waals surface area contributed by atoms with Gasteiger partial charge in [0.15, 0.2) is 11.5 Å². The fourth-order valence-corrected chi connectivity index (χ4v) is 2.96. The lowest BCUT2D eigenvalue weighted by Gasteiger charge is -2.06. The van der Waals surface area contributed by atoms with Crippen molar-refractivity contribution in [2.45, 2.75) is 33.1 Å². The molecule has 0 spiro atoms. The summed E-state index contributed by atoms with van der Waals surface area (Å²) in [7, 11) is 0. The predicted molar refractivity (Wildman–Crippen MR) is 104 cm³/mol. The zero-order chi connectivity index (χ0) is 20.4. The monoisotopic (exact) mass is 394 g/mol. The van der Waals surface area contributed by atoms with Crippen molar-refractivity contribution >= 4 is 17.2 Å². The van der Waals surface area contributed by atoms with Crippen molar-refractivity contribution in [1.82, 2.24) is 24.7 Å². The van der Waals surface area contributed by atoms with Gasteiger partial charge in [-0.3, -0.25) is 9.20 Å². The molecule has 0 atom stereocenters. The van der Waals surface area contributed by atoms with Crippen LogP contribution in [-0.4, -0.2) is 30.6 Å². The lowest BCUT2D eigenvalue weighted by Crippen LogP contribution is -2.16. The maximum atomic E-state index is 13.7. The Morgan fingerprint density at radius 3 is 2.93 bits per heavy atom. The molecule has 1 aromatic carbocycles. The van der Waals surface area contributed by atoms with Crippen LogP contribution in [0.4, 0.5) is 10.1 Å². The van der Waals surface area contributed by atoms with E-state index in [9.17, 15) is 9.18 Å². The number of fused-ring (bicyclic) bond motifs is 1. The van der Waals surface area contributed by atoms with Crippen LogP contribution in [0.25, 0.3) is 17.1 Å². The number of halogens is 1. The molecule has 29 heavy (non-hydrogen) atoms. The van der Waals surface area contributed by atoms with Gasteiger partial charge >= 0.3 is 0 Å². The molecule has 4 aromatic rings. The Kier molecular flexibility index (Phi) is 5.03. The van der Waals surface area contributed by atoms with E-state index < -0.39 is 0 Å². The molecule has 0 fully saturated rings. The van der Waals surface area contributed by atoms with Crippen LogP contribution in [-0.2, 0) is 17.6 Å². The van der Waals surface area contributed by atoms with Crippen LogP contribution >= 0.6 is 0 Å². The van der Waals surface area contributed by atoms with E-state index in [-0.39, 0.29) is 18.1 Å². The number of aryl methyl sites for hydroxylation is 2. The van der Waals surface area contributed by atoms with Gasteiger partial charge in [0.05, 0.1) is 12.0 Å². The summed E-state index contributed by atoms with van der Waals surface area (Å²) in [6.07, 6.45) is 3.38. The summed E-state index contributed by atoms with van der Waals surface area (Å²) < 4.78 is 20.7. The van der Waals surface area contributed by atoms with E-state index in [1.54, 1.807) is 35.7 Å². The van der Waals surface area contributed by atoms with Crippen LogP contribution in [0, 0.1) is 12.7 Å². The van der Waals surface area contributed by atoms with Gasteiger partial charge in [-0.25, -0.2) is 4.39 Å². The minimum atomic E-state index is -0.373. The number of rotatable bonds is 6. The summed E-state index contributed by atoms with van der Waals surface area (Å²) in [5.74, 6) is 0.741. The summed E-state index contributed by atoms with van der Waals surface area (Å²) in [5.41, 5.74) is 2.06. The molecular weight excluding hydrogens is 375 g/mol. The summed E-state index contributed by atoms with van der Waals surface area (Å²) in [5, 5.41) is 14.9.